The number of benzene rings is 1. The monoisotopic (exact) mass is 757 g/mol. The number of nitrogens with zero attached hydrogens (tertiary/aromatic N) is 6. The Morgan fingerprint density at radius 1 is 1.02 bits per heavy atom. The summed E-state index contributed by atoms with van der Waals surface area (Å²) in [6, 6.07) is 3.21. The first-order valence-corrected chi connectivity index (χ1v) is 18.6. The highest BCUT2D eigenvalue weighted by atomic mass is 19.1. The lowest BCUT2D eigenvalue weighted by Gasteiger charge is -2.31. The highest BCUT2D eigenvalue weighted by Gasteiger charge is 2.42. The van der Waals surface area contributed by atoms with E-state index in [1.165, 1.54) is 12.0 Å². The Kier molecular flexibility index (Phi) is 12.0. The maximum atomic E-state index is 14.8. The van der Waals surface area contributed by atoms with Crippen LogP contribution in [0, 0.1) is 11.8 Å². The average molecular weight is 758 g/mol. The predicted octanol–water partition coefficient (Wildman–Crippen LogP) is 3.88. The third kappa shape index (κ3) is 8.74. The van der Waals surface area contributed by atoms with Crippen molar-refractivity contribution in [2.45, 2.75) is 83.7 Å². The van der Waals surface area contributed by atoms with Gasteiger partial charge in [0.1, 0.15) is 30.7 Å². The number of alkyl halides is 1. The van der Waals surface area contributed by atoms with Gasteiger partial charge in [0.25, 0.3) is 0 Å². The topological polar surface area (TPSA) is 195 Å². The fraction of sp³-hybridized carbons (Fsp3) is 0.487. The van der Waals surface area contributed by atoms with Gasteiger partial charge >= 0.3 is 6.09 Å². The minimum atomic E-state index is -1.24. The maximum absolute atomic E-state index is 14.8. The first kappa shape index (κ1) is 39.2. The summed E-state index contributed by atoms with van der Waals surface area (Å²) < 4.78 is 19.5. The maximum Gasteiger partial charge on any atom is 0.407 e. The molecule has 16 heteroatoms. The van der Waals surface area contributed by atoms with E-state index in [0.29, 0.717) is 41.2 Å². The number of nitrogens with one attached hydrogen (secondary N) is 3. The molecule has 0 spiro atoms. The Balaban J connectivity index is 1.09. The second-order valence-electron chi connectivity index (χ2n) is 14.8. The van der Waals surface area contributed by atoms with Gasteiger partial charge in [-0.2, -0.15) is 0 Å². The Hall–Kier alpha value is -5.51. The Morgan fingerprint density at radius 3 is 2.45 bits per heavy atom. The number of allylic oxidation sites excluding steroid dienone is 2. The van der Waals surface area contributed by atoms with Gasteiger partial charge in [0.05, 0.1) is 60.6 Å². The lowest BCUT2D eigenvalue weighted by Crippen LogP contribution is -2.54. The number of H-pyrrole nitrogens is 1. The zero-order valence-corrected chi connectivity index (χ0v) is 31.7. The summed E-state index contributed by atoms with van der Waals surface area (Å²) in [6.07, 6.45) is 9.27. The summed E-state index contributed by atoms with van der Waals surface area (Å²) in [5, 5.41) is 14.4. The lowest BCUT2D eigenvalue weighted by atomic mass is 9.99. The van der Waals surface area contributed by atoms with Crippen molar-refractivity contribution < 1.29 is 33.4 Å². The van der Waals surface area contributed by atoms with Crippen LogP contribution in [0.1, 0.15) is 70.9 Å². The number of halogens is 1. The summed E-state index contributed by atoms with van der Waals surface area (Å²) >= 11 is 0. The molecule has 6 rings (SSSR count). The molecule has 4 N–H and O–H groups in total. The zero-order chi connectivity index (χ0) is 39.4. The minimum absolute atomic E-state index is 0.0800. The Morgan fingerprint density at radius 2 is 1.76 bits per heavy atom. The van der Waals surface area contributed by atoms with E-state index in [4.69, 9.17) is 9.72 Å². The van der Waals surface area contributed by atoms with Crippen LogP contribution in [0.3, 0.4) is 0 Å². The van der Waals surface area contributed by atoms with Gasteiger partial charge in [0.15, 0.2) is 0 Å². The number of aromatic amines is 1. The van der Waals surface area contributed by atoms with E-state index in [1.807, 2.05) is 44.2 Å². The summed E-state index contributed by atoms with van der Waals surface area (Å²) in [6.45, 7) is 7.14. The molecule has 2 fully saturated rings. The van der Waals surface area contributed by atoms with Crippen LogP contribution in [-0.2, 0) is 19.1 Å². The first-order chi connectivity index (χ1) is 26.4. The zero-order valence-electron chi connectivity index (χ0n) is 31.7. The molecule has 15 nitrogen and oxygen atoms in total. The van der Waals surface area contributed by atoms with Gasteiger partial charge in [-0.3, -0.25) is 29.3 Å². The number of hydrogen-bond donors (Lipinski definition) is 4. The van der Waals surface area contributed by atoms with E-state index in [-0.39, 0.29) is 36.8 Å². The van der Waals surface area contributed by atoms with Crippen LogP contribution in [0.5, 0.6) is 0 Å². The van der Waals surface area contributed by atoms with Crippen LogP contribution in [0.25, 0.3) is 28.4 Å². The van der Waals surface area contributed by atoms with Crippen LogP contribution in [-0.4, -0.2) is 115 Å². The molecule has 0 radical (unpaired) electrons. The molecule has 4 amide bonds. The van der Waals surface area contributed by atoms with Crippen LogP contribution in [0.2, 0.25) is 0 Å². The van der Waals surface area contributed by atoms with Crippen LogP contribution < -0.4 is 10.6 Å². The molecule has 292 valence electrons. The number of aliphatic hydroxyl groups is 1. The summed E-state index contributed by atoms with van der Waals surface area (Å²) in [5.41, 5.74) is 5.28. The first-order valence-electron chi connectivity index (χ1n) is 18.6. The molecule has 5 atom stereocenters. The highest BCUT2D eigenvalue weighted by Crippen LogP contribution is 2.35. The minimum Gasteiger partial charge on any atom is -0.453 e. The molecular formula is C39H48FN9O6. The molecule has 2 saturated heterocycles. The van der Waals surface area contributed by atoms with Crippen molar-refractivity contribution in [3.8, 4) is 11.3 Å². The number of ether oxygens (including phenoxy) is 1. The molecule has 2 aromatic heterocycles. The highest BCUT2D eigenvalue weighted by molar-refractivity contribution is 5.99. The van der Waals surface area contributed by atoms with Gasteiger partial charge in [0.2, 0.25) is 17.7 Å². The van der Waals surface area contributed by atoms with E-state index in [2.05, 4.69) is 30.6 Å². The number of likely N-dealkylation sites (tertiary alicyclic amines) is 2. The average Bonchev–Trinajstić information content (AvgIpc) is 4.00. The Bertz CT molecular complexity index is 2010. The second kappa shape index (κ2) is 16.9. The molecule has 3 aromatic rings. The van der Waals surface area contributed by atoms with Crippen molar-refractivity contribution >= 4 is 46.6 Å². The van der Waals surface area contributed by atoms with Crippen LogP contribution in [0.4, 0.5) is 9.18 Å². The third-order valence-corrected chi connectivity index (χ3v) is 10.3. The number of aliphatic hydroxyl groups excluding tert-OH is 1. The summed E-state index contributed by atoms with van der Waals surface area (Å²) in [5.74, 6) is -1.07. The van der Waals surface area contributed by atoms with Crippen molar-refractivity contribution in [3.05, 3.63) is 60.0 Å². The number of rotatable bonds is 12. The largest absolute Gasteiger partial charge is 0.453 e. The second-order valence-corrected chi connectivity index (χ2v) is 14.8. The number of fused-ring (bicyclic) bond motifs is 1. The van der Waals surface area contributed by atoms with E-state index >= 15 is 0 Å². The predicted molar refractivity (Wildman–Crippen MR) is 203 cm³/mol. The van der Waals surface area contributed by atoms with E-state index in [0.717, 1.165) is 29.7 Å². The van der Waals surface area contributed by atoms with Crippen LogP contribution >= 0.6 is 0 Å². The molecule has 55 heavy (non-hydrogen) atoms. The molecule has 1 aromatic carbocycles. The normalized spacial score (nSPS) is 21.0. The number of aromatic nitrogens is 4. The lowest BCUT2D eigenvalue weighted by molar-refractivity contribution is -0.138. The van der Waals surface area contributed by atoms with Gasteiger partial charge < -0.3 is 35.3 Å². The number of amides is 4. The van der Waals surface area contributed by atoms with Crippen molar-refractivity contribution in [2.75, 3.05) is 26.8 Å². The van der Waals surface area contributed by atoms with Crippen molar-refractivity contribution in [3.63, 3.8) is 0 Å². The SMILES string of the molecule is COC(=O)NC(C(=O)N1CC(F)CC1c1nc2ccc(-c3cnc(/C=C/C4=CN=C(C5CCCN5C(=O)C(NC(=O)CO)C(C)C)C4)cn3)cc2[nH]1)C(C)C. The molecule has 5 heterocycles. The molecule has 0 saturated carbocycles. The van der Waals surface area contributed by atoms with E-state index < -0.39 is 48.8 Å². The standard InChI is InChI=1S/C39H48FN9O6/c1-21(2)34(46-33(51)20-50)37(52)48-12-6-7-31(48)29-13-23(16-42-29)8-10-26-17-43-30(18-41-26)24-9-11-27-28(14-24)45-36(44-27)32-15-25(40)19-49(32)38(53)35(22(3)4)47-39(54)55-5/h8-11,14,16-18,21-22,25,31-32,34-35,50H,6-7,12-13,15,19-20H2,1-5H3,(H,44,45)(H,46,51)(H,47,54)/b10-8+. The molecular weight excluding hydrogens is 709 g/mol. The fourth-order valence-electron chi connectivity index (χ4n) is 7.34. The van der Waals surface area contributed by atoms with Gasteiger partial charge in [-0.15, -0.1) is 0 Å². The van der Waals surface area contributed by atoms with Crippen molar-refractivity contribution in [1.82, 2.24) is 40.4 Å². The molecule has 0 aliphatic carbocycles. The fourth-order valence-corrected chi connectivity index (χ4v) is 7.34. The number of carbonyl (C=O) groups is 4. The molecule has 0 bridgehead atoms. The number of alkyl carbamates (subject to hydrolysis) is 1. The summed E-state index contributed by atoms with van der Waals surface area (Å²) in [7, 11) is 1.22. The number of hydrogen-bond acceptors (Lipinski definition) is 10. The van der Waals surface area contributed by atoms with Crippen LogP contribution in [0.15, 0.2) is 53.4 Å². The smallest absolute Gasteiger partial charge is 0.407 e. The van der Waals surface area contributed by atoms with Crippen molar-refractivity contribution in [1.29, 1.82) is 0 Å². The van der Waals surface area contributed by atoms with Gasteiger partial charge in [-0.05, 0) is 48.5 Å². The molecule has 5 unspecified atom stereocenters. The summed E-state index contributed by atoms with van der Waals surface area (Å²) in [4.78, 5) is 75.9. The molecule has 3 aliphatic heterocycles. The third-order valence-electron chi connectivity index (χ3n) is 10.3. The van der Waals surface area contributed by atoms with E-state index in [9.17, 15) is 28.7 Å². The number of methoxy groups -OCH3 is 1. The molecule has 3 aliphatic rings. The number of carbonyl (C=O) groups excluding carboxylic acids is 4. The quantitative estimate of drug-likeness (QED) is 0.212. The van der Waals surface area contributed by atoms with Crippen molar-refractivity contribution in [2.24, 2.45) is 16.8 Å². The number of aliphatic imine (C=N–C) groups is 1. The van der Waals surface area contributed by atoms with Gasteiger partial charge in [-0.1, -0.05) is 39.8 Å². The van der Waals surface area contributed by atoms with E-state index in [1.54, 1.807) is 37.3 Å². The Labute approximate surface area is 318 Å². The number of imidazole rings is 1. The van der Waals surface area contributed by atoms with Gasteiger partial charge in [0, 0.05) is 36.9 Å². The van der Waals surface area contributed by atoms with Gasteiger partial charge in [-0.25, -0.2) is 14.2 Å².